The van der Waals surface area contributed by atoms with Crippen LogP contribution in [0.1, 0.15) is 51.5 Å². The molecule has 1 saturated carbocycles. The van der Waals surface area contributed by atoms with Crippen LogP contribution < -0.4 is 0 Å². The van der Waals surface area contributed by atoms with E-state index in [1.54, 1.807) is 0 Å². The predicted octanol–water partition coefficient (Wildman–Crippen LogP) is 4.19. The minimum Gasteiger partial charge on any atom is -0.444 e. The zero-order valence-electron chi connectivity index (χ0n) is 13.3. The van der Waals surface area contributed by atoms with E-state index >= 15 is 0 Å². The number of hydrogen-bond acceptors (Lipinski definition) is 2. The van der Waals surface area contributed by atoms with Crippen molar-refractivity contribution in [1.29, 1.82) is 0 Å². The molecule has 2 aliphatic rings. The number of carbonyl (C=O) groups is 1. The number of ether oxygens (including phenoxy) is 1. The van der Waals surface area contributed by atoms with Gasteiger partial charge in [-0.05, 0) is 51.5 Å². The Morgan fingerprint density at radius 2 is 1.90 bits per heavy atom. The van der Waals surface area contributed by atoms with E-state index < -0.39 is 5.60 Å². The van der Waals surface area contributed by atoms with Crippen LogP contribution in [0.3, 0.4) is 0 Å². The topological polar surface area (TPSA) is 29.5 Å². The van der Waals surface area contributed by atoms with Gasteiger partial charge in [-0.25, -0.2) is 4.79 Å². The molecular formula is C18H25NO2. The Hall–Kier alpha value is -1.51. The second kappa shape index (κ2) is 5.04. The second-order valence-electron chi connectivity index (χ2n) is 7.69. The summed E-state index contributed by atoms with van der Waals surface area (Å²) in [6, 6.07) is 10.8. The smallest absolute Gasteiger partial charge is 0.410 e. The molecule has 0 aromatic heterocycles. The maximum Gasteiger partial charge on any atom is 0.410 e. The first-order chi connectivity index (χ1) is 9.87. The van der Waals surface area contributed by atoms with E-state index in [0.29, 0.717) is 11.3 Å². The number of carbonyl (C=O) groups excluding carboxylic acids is 1. The third kappa shape index (κ3) is 3.07. The van der Waals surface area contributed by atoms with Gasteiger partial charge >= 0.3 is 6.09 Å². The number of benzene rings is 1. The highest BCUT2D eigenvalue weighted by molar-refractivity contribution is 5.69. The van der Waals surface area contributed by atoms with Crippen molar-refractivity contribution in [3.63, 3.8) is 0 Å². The van der Waals surface area contributed by atoms with Gasteiger partial charge in [0.05, 0.1) is 0 Å². The van der Waals surface area contributed by atoms with Gasteiger partial charge in [-0.2, -0.15) is 0 Å². The number of amides is 1. The van der Waals surface area contributed by atoms with Crippen LogP contribution in [0.25, 0.3) is 0 Å². The zero-order valence-corrected chi connectivity index (χ0v) is 13.3. The molecular weight excluding hydrogens is 262 g/mol. The molecule has 1 spiro atoms. The maximum atomic E-state index is 12.0. The summed E-state index contributed by atoms with van der Waals surface area (Å²) in [6.07, 6.45) is 3.52. The molecule has 2 fully saturated rings. The standard InChI is InChI=1S/C18H25NO2/c1-17(2,3)21-16(20)19-12-18(13-19)10-9-15(11-18)14-7-5-4-6-8-14/h4-8,15H,9-13H2,1-3H3/t15-/m1/s1. The summed E-state index contributed by atoms with van der Waals surface area (Å²) in [5, 5.41) is 0. The zero-order chi connectivity index (χ0) is 15.1. The molecule has 0 bridgehead atoms. The molecule has 114 valence electrons. The van der Waals surface area contributed by atoms with Crippen molar-refractivity contribution in [2.24, 2.45) is 5.41 Å². The van der Waals surface area contributed by atoms with Crippen molar-refractivity contribution < 1.29 is 9.53 Å². The van der Waals surface area contributed by atoms with Crippen LogP contribution in [0.4, 0.5) is 4.79 Å². The number of rotatable bonds is 1. The van der Waals surface area contributed by atoms with Gasteiger partial charge in [0.25, 0.3) is 0 Å². The first-order valence-corrected chi connectivity index (χ1v) is 7.90. The van der Waals surface area contributed by atoms with Gasteiger partial charge in [0.1, 0.15) is 5.60 Å². The summed E-state index contributed by atoms with van der Waals surface area (Å²) in [5.41, 5.74) is 1.39. The highest BCUT2D eigenvalue weighted by atomic mass is 16.6. The molecule has 1 amide bonds. The normalized spacial score (nSPS) is 24.0. The summed E-state index contributed by atoms with van der Waals surface area (Å²) >= 11 is 0. The molecule has 1 saturated heterocycles. The van der Waals surface area contributed by atoms with Gasteiger partial charge in [0.15, 0.2) is 0 Å². The van der Waals surface area contributed by atoms with Crippen molar-refractivity contribution in [3.05, 3.63) is 35.9 Å². The van der Waals surface area contributed by atoms with Gasteiger partial charge in [-0.15, -0.1) is 0 Å². The van der Waals surface area contributed by atoms with Gasteiger partial charge in [-0.3, -0.25) is 0 Å². The Bertz CT molecular complexity index is 512. The van der Waals surface area contributed by atoms with Crippen LogP contribution in [0.2, 0.25) is 0 Å². The Labute approximate surface area is 127 Å². The lowest BCUT2D eigenvalue weighted by atomic mass is 9.77. The van der Waals surface area contributed by atoms with Crippen LogP contribution in [-0.4, -0.2) is 29.7 Å². The molecule has 3 rings (SSSR count). The summed E-state index contributed by atoms with van der Waals surface area (Å²) in [5.74, 6) is 0.659. The van der Waals surface area contributed by atoms with E-state index in [2.05, 4.69) is 30.3 Å². The van der Waals surface area contributed by atoms with E-state index in [9.17, 15) is 4.79 Å². The minimum absolute atomic E-state index is 0.156. The fourth-order valence-electron chi connectivity index (χ4n) is 3.72. The fraction of sp³-hybridized carbons (Fsp3) is 0.611. The van der Waals surface area contributed by atoms with E-state index in [-0.39, 0.29) is 6.09 Å². The highest BCUT2D eigenvalue weighted by Crippen LogP contribution is 2.51. The van der Waals surface area contributed by atoms with Crippen molar-refractivity contribution in [3.8, 4) is 0 Å². The highest BCUT2D eigenvalue weighted by Gasteiger charge is 2.50. The first-order valence-electron chi connectivity index (χ1n) is 7.90. The minimum atomic E-state index is -0.401. The van der Waals surface area contributed by atoms with Gasteiger partial charge in [0, 0.05) is 18.5 Å². The second-order valence-corrected chi connectivity index (χ2v) is 7.69. The Morgan fingerprint density at radius 1 is 1.24 bits per heavy atom. The molecule has 0 unspecified atom stereocenters. The van der Waals surface area contributed by atoms with Gasteiger partial charge in [-0.1, -0.05) is 30.3 Å². The SMILES string of the molecule is CC(C)(C)OC(=O)N1CC2(CC[C@@H](c3ccccc3)C2)C1. The molecule has 1 aliphatic heterocycles. The van der Waals surface area contributed by atoms with Gasteiger partial charge in [0.2, 0.25) is 0 Å². The van der Waals surface area contributed by atoms with Crippen molar-refractivity contribution in [2.45, 2.75) is 51.6 Å². The molecule has 0 N–H and O–H groups in total. The molecule has 1 aromatic rings. The lowest BCUT2D eigenvalue weighted by Crippen LogP contribution is -2.58. The maximum absolute atomic E-state index is 12.0. The van der Waals surface area contributed by atoms with Crippen LogP contribution in [-0.2, 0) is 4.74 Å². The van der Waals surface area contributed by atoms with Crippen LogP contribution in [0.5, 0.6) is 0 Å². The number of hydrogen-bond donors (Lipinski definition) is 0. The first kappa shape index (κ1) is 14.4. The molecule has 3 heteroatoms. The van der Waals surface area contributed by atoms with Gasteiger partial charge < -0.3 is 9.64 Å². The fourth-order valence-corrected chi connectivity index (χ4v) is 3.72. The molecule has 21 heavy (non-hydrogen) atoms. The van der Waals surface area contributed by atoms with Crippen molar-refractivity contribution in [2.75, 3.05) is 13.1 Å². The average molecular weight is 287 g/mol. The summed E-state index contributed by atoms with van der Waals surface area (Å²) in [7, 11) is 0. The number of likely N-dealkylation sites (tertiary alicyclic amines) is 1. The lowest BCUT2D eigenvalue weighted by molar-refractivity contribution is -0.0323. The third-order valence-electron chi connectivity index (χ3n) is 4.68. The van der Waals surface area contributed by atoms with Crippen LogP contribution >= 0.6 is 0 Å². The Kier molecular flexibility index (Phi) is 3.46. The quantitative estimate of drug-likeness (QED) is 0.775. The van der Waals surface area contributed by atoms with E-state index in [1.165, 1.54) is 24.8 Å². The molecule has 0 radical (unpaired) electrons. The van der Waals surface area contributed by atoms with Crippen molar-refractivity contribution >= 4 is 6.09 Å². The number of nitrogens with zero attached hydrogens (tertiary/aromatic N) is 1. The Morgan fingerprint density at radius 3 is 2.52 bits per heavy atom. The molecule has 1 aliphatic carbocycles. The van der Waals surface area contributed by atoms with Crippen LogP contribution in [0, 0.1) is 5.41 Å². The Balaban J connectivity index is 1.55. The summed E-state index contributed by atoms with van der Waals surface area (Å²) in [6.45, 7) is 7.49. The van der Waals surface area contributed by atoms with Crippen LogP contribution in [0.15, 0.2) is 30.3 Å². The monoisotopic (exact) mass is 287 g/mol. The molecule has 1 heterocycles. The van der Waals surface area contributed by atoms with E-state index in [4.69, 9.17) is 4.74 Å². The van der Waals surface area contributed by atoms with Crippen molar-refractivity contribution in [1.82, 2.24) is 4.90 Å². The van der Waals surface area contributed by atoms with E-state index in [1.807, 2.05) is 25.7 Å². The molecule has 3 nitrogen and oxygen atoms in total. The largest absolute Gasteiger partial charge is 0.444 e. The lowest BCUT2D eigenvalue weighted by Gasteiger charge is -2.48. The molecule has 1 aromatic carbocycles. The average Bonchev–Trinajstić information content (AvgIpc) is 2.81. The third-order valence-corrected chi connectivity index (χ3v) is 4.68. The predicted molar refractivity (Wildman–Crippen MR) is 83.3 cm³/mol. The summed E-state index contributed by atoms with van der Waals surface area (Å²) in [4.78, 5) is 13.9. The molecule has 1 atom stereocenters. The van der Waals surface area contributed by atoms with E-state index in [0.717, 1.165) is 13.1 Å². The summed E-state index contributed by atoms with van der Waals surface area (Å²) < 4.78 is 5.44.